The van der Waals surface area contributed by atoms with Gasteiger partial charge in [0, 0.05) is 11.3 Å². The first kappa shape index (κ1) is 13.4. The van der Waals surface area contributed by atoms with Crippen LogP contribution in [0.25, 0.3) is 0 Å². The fourth-order valence-corrected chi connectivity index (χ4v) is 2.49. The molecule has 4 N–H and O–H groups in total. The minimum atomic E-state index is -3.77. The molecule has 0 atom stereocenters. The molecule has 2 rings (SSSR count). The number of aliphatic hydroxyl groups excluding tert-OH is 1. The highest BCUT2D eigenvalue weighted by Crippen LogP contribution is 2.22. The number of benzene rings is 1. The largest absolute Gasteiger partial charge is 0.399 e. The third kappa shape index (κ3) is 2.69. The van der Waals surface area contributed by atoms with E-state index in [0.29, 0.717) is 11.3 Å². The van der Waals surface area contributed by atoms with Crippen molar-refractivity contribution < 1.29 is 18.0 Å². The first-order chi connectivity index (χ1) is 8.94. The van der Waals surface area contributed by atoms with Gasteiger partial charge in [0.25, 0.3) is 10.0 Å². The Morgan fingerprint density at radius 2 is 2.00 bits per heavy atom. The van der Waals surface area contributed by atoms with Gasteiger partial charge in [0.15, 0.2) is 0 Å². The highest BCUT2D eigenvalue weighted by atomic mass is 32.2. The Kier molecular flexibility index (Phi) is 3.45. The smallest absolute Gasteiger partial charge is 0.264 e. The van der Waals surface area contributed by atoms with E-state index >= 15 is 0 Å². The predicted octanol–water partition coefficient (Wildman–Crippen LogP) is 0.858. The predicted molar refractivity (Wildman–Crippen MR) is 68.8 cm³/mol. The van der Waals surface area contributed by atoms with Crippen LogP contribution in [-0.4, -0.2) is 18.7 Å². The summed E-state index contributed by atoms with van der Waals surface area (Å²) in [4.78, 5) is 0.0584. The second-order valence-corrected chi connectivity index (χ2v) is 5.60. The van der Waals surface area contributed by atoms with Crippen LogP contribution in [0.4, 0.5) is 11.6 Å². The number of aromatic nitrogens is 1. The number of nitrogens with zero attached hydrogens (tertiary/aromatic N) is 1. The maximum atomic E-state index is 12.1. The fraction of sp³-hybridized carbons (Fsp3) is 0.182. The lowest BCUT2D eigenvalue weighted by molar-refractivity contribution is 0.267. The van der Waals surface area contributed by atoms with Gasteiger partial charge in [0.2, 0.25) is 5.88 Å². The van der Waals surface area contributed by atoms with E-state index in [2.05, 4.69) is 9.88 Å². The third-order valence-electron chi connectivity index (χ3n) is 2.59. The van der Waals surface area contributed by atoms with Gasteiger partial charge in [0.1, 0.15) is 5.69 Å². The average molecular weight is 283 g/mol. The average Bonchev–Trinajstić information content (AvgIpc) is 2.70. The Balaban J connectivity index is 2.31. The molecule has 0 fully saturated rings. The lowest BCUT2D eigenvalue weighted by Gasteiger charge is -2.05. The number of hydrogen-bond acceptors (Lipinski definition) is 6. The minimum Gasteiger partial charge on any atom is -0.399 e. The monoisotopic (exact) mass is 283 g/mol. The summed E-state index contributed by atoms with van der Waals surface area (Å²) in [6.07, 6.45) is 0. The van der Waals surface area contributed by atoms with Gasteiger partial charge in [0.05, 0.1) is 11.5 Å². The zero-order valence-corrected chi connectivity index (χ0v) is 10.9. The molecule has 0 saturated carbocycles. The molecule has 0 radical (unpaired) electrons. The highest BCUT2D eigenvalue weighted by molar-refractivity contribution is 7.92. The maximum absolute atomic E-state index is 12.1. The number of rotatable bonds is 4. The minimum absolute atomic E-state index is 0.0131. The van der Waals surface area contributed by atoms with Crippen LogP contribution < -0.4 is 10.5 Å². The summed E-state index contributed by atoms with van der Waals surface area (Å²) in [5, 5.41) is 12.5. The molecular formula is C11H13N3O4S. The Bertz CT molecular complexity index is 676. The molecule has 102 valence electrons. The van der Waals surface area contributed by atoms with Crippen molar-refractivity contribution in [1.82, 2.24) is 5.16 Å². The van der Waals surface area contributed by atoms with E-state index in [1.807, 2.05) is 0 Å². The Morgan fingerprint density at radius 3 is 2.53 bits per heavy atom. The van der Waals surface area contributed by atoms with Crippen LogP contribution in [0.2, 0.25) is 0 Å². The van der Waals surface area contributed by atoms with Crippen molar-refractivity contribution in [1.29, 1.82) is 0 Å². The number of aliphatic hydroxyl groups is 1. The van der Waals surface area contributed by atoms with Crippen molar-refractivity contribution in [3.05, 3.63) is 35.5 Å². The van der Waals surface area contributed by atoms with Gasteiger partial charge in [-0.2, -0.15) is 0 Å². The number of hydrogen-bond donors (Lipinski definition) is 3. The molecule has 0 aliphatic heterocycles. The molecule has 1 heterocycles. The first-order valence-corrected chi connectivity index (χ1v) is 6.86. The van der Waals surface area contributed by atoms with E-state index < -0.39 is 10.0 Å². The van der Waals surface area contributed by atoms with Crippen LogP contribution in [0.3, 0.4) is 0 Å². The van der Waals surface area contributed by atoms with Crippen LogP contribution >= 0.6 is 0 Å². The summed E-state index contributed by atoms with van der Waals surface area (Å²) >= 11 is 0. The second-order valence-electron chi connectivity index (χ2n) is 3.92. The molecular weight excluding hydrogens is 270 g/mol. The lowest BCUT2D eigenvalue weighted by atomic mass is 10.3. The van der Waals surface area contributed by atoms with E-state index in [1.54, 1.807) is 6.92 Å². The summed E-state index contributed by atoms with van der Waals surface area (Å²) < 4.78 is 31.2. The van der Waals surface area contributed by atoms with Gasteiger partial charge in [-0.25, -0.2) is 13.1 Å². The SMILES string of the molecule is Cc1c(CO)noc1NS(=O)(=O)c1ccc(N)cc1. The van der Waals surface area contributed by atoms with Crippen LogP contribution in [0.1, 0.15) is 11.3 Å². The van der Waals surface area contributed by atoms with Crippen LogP contribution in [0, 0.1) is 6.92 Å². The zero-order valence-electron chi connectivity index (χ0n) is 10.1. The third-order valence-corrected chi connectivity index (χ3v) is 3.93. The van der Waals surface area contributed by atoms with Crippen molar-refractivity contribution in [2.75, 3.05) is 10.5 Å². The van der Waals surface area contributed by atoms with Gasteiger partial charge >= 0.3 is 0 Å². The van der Waals surface area contributed by atoms with E-state index in [-0.39, 0.29) is 23.1 Å². The molecule has 0 aliphatic rings. The van der Waals surface area contributed by atoms with E-state index in [1.165, 1.54) is 24.3 Å². The van der Waals surface area contributed by atoms with Crippen molar-refractivity contribution in [2.24, 2.45) is 0 Å². The van der Waals surface area contributed by atoms with E-state index in [0.717, 1.165) is 0 Å². The maximum Gasteiger partial charge on any atom is 0.264 e. The van der Waals surface area contributed by atoms with Gasteiger partial charge in [-0.1, -0.05) is 5.16 Å². The van der Waals surface area contributed by atoms with Gasteiger partial charge in [-0.05, 0) is 31.2 Å². The van der Waals surface area contributed by atoms with Crippen LogP contribution in [-0.2, 0) is 16.6 Å². The molecule has 7 nitrogen and oxygen atoms in total. The quantitative estimate of drug-likeness (QED) is 0.716. The molecule has 1 aromatic carbocycles. The standard InChI is InChI=1S/C11H13N3O4S/c1-7-10(6-15)13-18-11(7)14-19(16,17)9-4-2-8(12)3-5-9/h2-5,14-15H,6,12H2,1H3. The molecule has 0 saturated heterocycles. The molecule has 0 unspecified atom stereocenters. The number of nitrogen functional groups attached to an aromatic ring is 1. The summed E-state index contributed by atoms with van der Waals surface area (Å²) in [5.74, 6) is -0.0131. The summed E-state index contributed by atoms with van der Waals surface area (Å²) in [6.45, 7) is 1.28. The van der Waals surface area contributed by atoms with Crippen LogP contribution in [0.5, 0.6) is 0 Å². The molecule has 2 aromatic rings. The van der Waals surface area contributed by atoms with Gasteiger partial charge < -0.3 is 15.4 Å². The molecule has 1 aromatic heterocycles. The Morgan fingerprint density at radius 1 is 1.37 bits per heavy atom. The number of nitrogens with one attached hydrogen (secondary N) is 1. The van der Waals surface area contributed by atoms with Crippen molar-refractivity contribution in [3.63, 3.8) is 0 Å². The van der Waals surface area contributed by atoms with E-state index in [9.17, 15) is 8.42 Å². The first-order valence-electron chi connectivity index (χ1n) is 5.38. The normalized spacial score (nSPS) is 11.5. The second kappa shape index (κ2) is 4.90. The fourth-order valence-electron chi connectivity index (χ4n) is 1.44. The number of anilines is 2. The summed E-state index contributed by atoms with van der Waals surface area (Å²) in [7, 11) is -3.77. The molecule has 19 heavy (non-hydrogen) atoms. The van der Waals surface area contributed by atoms with E-state index in [4.69, 9.17) is 15.4 Å². The zero-order chi connectivity index (χ0) is 14.0. The summed E-state index contributed by atoms with van der Waals surface area (Å²) in [5.41, 5.74) is 6.70. The number of nitrogens with two attached hydrogens (primary N) is 1. The van der Waals surface area contributed by atoms with Crippen LogP contribution in [0.15, 0.2) is 33.7 Å². The van der Waals surface area contributed by atoms with Crippen molar-refractivity contribution in [3.8, 4) is 0 Å². The van der Waals surface area contributed by atoms with Gasteiger partial charge in [-0.15, -0.1) is 0 Å². The molecule has 0 amide bonds. The van der Waals surface area contributed by atoms with Crippen molar-refractivity contribution >= 4 is 21.6 Å². The highest BCUT2D eigenvalue weighted by Gasteiger charge is 2.19. The lowest BCUT2D eigenvalue weighted by Crippen LogP contribution is -2.13. The van der Waals surface area contributed by atoms with Crippen molar-refractivity contribution in [2.45, 2.75) is 18.4 Å². The topological polar surface area (TPSA) is 118 Å². The molecule has 0 spiro atoms. The molecule has 0 aliphatic carbocycles. The summed E-state index contributed by atoms with van der Waals surface area (Å²) in [6, 6.07) is 5.74. The van der Waals surface area contributed by atoms with Gasteiger partial charge in [-0.3, -0.25) is 0 Å². The Hall–Kier alpha value is -2.06. The Labute approximate surface area is 110 Å². The molecule has 0 bridgehead atoms. The molecule has 8 heteroatoms. The number of sulfonamides is 1.